The zero-order chi connectivity index (χ0) is 14.8. The number of amides is 1. The molecule has 1 fully saturated rings. The van der Waals surface area contributed by atoms with Gasteiger partial charge in [-0.25, -0.2) is 0 Å². The highest BCUT2D eigenvalue weighted by molar-refractivity contribution is 5.95. The van der Waals surface area contributed by atoms with Gasteiger partial charge in [-0.15, -0.1) is 0 Å². The first-order valence-electron chi connectivity index (χ1n) is 7.00. The highest BCUT2D eigenvalue weighted by atomic mass is 16.5. The Hall–Kier alpha value is -1.85. The van der Waals surface area contributed by atoms with Gasteiger partial charge in [-0.2, -0.15) is 0 Å². The topological polar surface area (TPSA) is 92.4 Å². The van der Waals surface area contributed by atoms with Crippen LogP contribution in [0.25, 0.3) is 0 Å². The van der Waals surface area contributed by atoms with Crippen LogP contribution in [0, 0.1) is 5.41 Å². The van der Waals surface area contributed by atoms with E-state index < -0.39 is 11.4 Å². The molecule has 1 heterocycles. The van der Waals surface area contributed by atoms with E-state index in [1.165, 1.54) is 6.26 Å². The Morgan fingerprint density at radius 3 is 2.60 bits per heavy atom. The maximum absolute atomic E-state index is 12.2. The lowest BCUT2D eigenvalue weighted by Gasteiger charge is -2.26. The van der Waals surface area contributed by atoms with Gasteiger partial charge < -0.3 is 14.9 Å². The van der Waals surface area contributed by atoms with Crippen LogP contribution < -0.4 is 5.32 Å². The van der Waals surface area contributed by atoms with Crippen molar-refractivity contribution in [1.82, 2.24) is 10.5 Å². The van der Waals surface area contributed by atoms with Gasteiger partial charge in [0, 0.05) is 12.5 Å². The summed E-state index contributed by atoms with van der Waals surface area (Å²) in [6.45, 7) is 3.75. The van der Waals surface area contributed by atoms with Gasteiger partial charge >= 0.3 is 5.97 Å². The van der Waals surface area contributed by atoms with Gasteiger partial charge in [-0.05, 0) is 25.7 Å². The summed E-state index contributed by atoms with van der Waals surface area (Å²) in [6.07, 6.45) is 4.32. The van der Waals surface area contributed by atoms with E-state index in [1.807, 2.05) is 13.8 Å². The van der Waals surface area contributed by atoms with Gasteiger partial charge in [0.05, 0.1) is 11.1 Å². The van der Waals surface area contributed by atoms with Gasteiger partial charge in [0.15, 0.2) is 0 Å². The number of nitrogens with one attached hydrogen (secondary N) is 1. The highest BCUT2D eigenvalue weighted by Gasteiger charge is 2.36. The van der Waals surface area contributed by atoms with Crippen LogP contribution in [0.4, 0.5) is 0 Å². The van der Waals surface area contributed by atoms with E-state index in [1.54, 1.807) is 0 Å². The Labute approximate surface area is 117 Å². The van der Waals surface area contributed by atoms with E-state index in [9.17, 15) is 14.7 Å². The largest absolute Gasteiger partial charge is 0.481 e. The molecular weight excluding hydrogens is 260 g/mol. The minimum Gasteiger partial charge on any atom is -0.481 e. The van der Waals surface area contributed by atoms with Crippen LogP contribution in [0.15, 0.2) is 10.8 Å². The second kappa shape index (κ2) is 5.64. The van der Waals surface area contributed by atoms with E-state index in [2.05, 4.69) is 10.5 Å². The average molecular weight is 280 g/mol. The zero-order valence-electron chi connectivity index (χ0n) is 11.8. The molecule has 0 atom stereocenters. The lowest BCUT2D eigenvalue weighted by atomic mass is 9.82. The highest BCUT2D eigenvalue weighted by Crippen LogP contribution is 2.40. The molecule has 1 aromatic heterocycles. The number of carboxylic acids is 1. The number of nitrogens with zero attached hydrogens (tertiary/aromatic N) is 1. The van der Waals surface area contributed by atoms with Crippen LogP contribution in [0.1, 0.15) is 61.5 Å². The van der Waals surface area contributed by atoms with Crippen molar-refractivity contribution in [2.75, 3.05) is 6.54 Å². The van der Waals surface area contributed by atoms with Crippen molar-refractivity contribution >= 4 is 11.9 Å². The minimum atomic E-state index is -0.910. The van der Waals surface area contributed by atoms with Gasteiger partial charge in [0.25, 0.3) is 5.91 Å². The number of aliphatic carboxylic acids is 1. The molecule has 1 saturated carbocycles. The Morgan fingerprint density at radius 1 is 1.45 bits per heavy atom. The van der Waals surface area contributed by atoms with Crippen LogP contribution in [-0.2, 0) is 4.79 Å². The van der Waals surface area contributed by atoms with Crippen LogP contribution in [-0.4, -0.2) is 28.7 Å². The van der Waals surface area contributed by atoms with E-state index in [0.717, 1.165) is 12.8 Å². The van der Waals surface area contributed by atoms with E-state index in [-0.39, 0.29) is 12.5 Å². The van der Waals surface area contributed by atoms with Crippen LogP contribution >= 0.6 is 0 Å². The Morgan fingerprint density at radius 2 is 2.10 bits per heavy atom. The van der Waals surface area contributed by atoms with E-state index in [0.29, 0.717) is 30.0 Å². The second-order valence-corrected chi connectivity index (χ2v) is 5.36. The summed E-state index contributed by atoms with van der Waals surface area (Å²) in [5.41, 5.74) is 0.211. The lowest BCUT2D eigenvalue weighted by molar-refractivity contribution is -0.149. The van der Waals surface area contributed by atoms with E-state index in [4.69, 9.17) is 4.52 Å². The molecule has 0 radical (unpaired) electrons. The first-order valence-corrected chi connectivity index (χ1v) is 7.00. The molecule has 0 unspecified atom stereocenters. The van der Waals surface area contributed by atoms with Gasteiger partial charge in [-0.3, -0.25) is 9.59 Å². The summed E-state index contributed by atoms with van der Waals surface area (Å²) in [4.78, 5) is 23.5. The van der Waals surface area contributed by atoms with Crippen LogP contribution in [0.2, 0.25) is 0 Å². The number of rotatable bonds is 7. The van der Waals surface area contributed by atoms with Crippen molar-refractivity contribution in [3.05, 3.63) is 17.5 Å². The number of aromatic nitrogens is 1. The Balaban J connectivity index is 2.04. The monoisotopic (exact) mass is 280 g/mol. The molecule has 1 aromatic rings. The number of hydrogen-bond acceptors (Lipinski definition) is 4. The first-order chi connectivity index (χ1) is 9.54. The zero-order valence-corrected chi connectivity index (χ0v) is 11.8. The molecular formula is C14H20N2O4. The summed E-state index contributed by atoms with van der Waals surface area (Å²) in [6, 6.07) is 0. The van der Waals surface area contributed by atoms with Crippen molar-refractivity contribution < 1.29 is 19.2 Å². The quantitative estimate of drug-likeness (QED) is 0.798. The van der Waals surface area contributed by atoms with Crippen molar-refractivity contribution in [3.63, 3.8) is 0 Å². The van der Waals surface area contributed by atoms with Crippen molar-refractivity contribution in [3.8, 4) is 0 Å². The summed E-state index contributed by atoms with van der Waals surface area (Å²) in [7, 11) is 0. The first kappa shape index (κ1) is 14.6. The minimum absolute atomic E-state index is 0.115. The van der Waals surface area contributed by atoms with Crippen LogP contribution in [0.5, 0.6) is 0 Å². The third-order valence-electron chi connectivity index (χ3n) is 4.20. The molecule has 0 saturated heterocycles. The molecule has 0 bridgehead atoms. The van der Waals surface area contributed by atoms with Crippen molar-refractivity contribution in [1.29, 1.82) is 0 Å². The molecule has 1 aliphatic carbocycles. The molecule has 20 heavy (non-hydrogen) atoms. The molecule has 1 aliphatic rings. The molecule has 2 N–H and O–H groups in total. The number of carboxylic acid groups (broad SMARTS) is 1. The van der Waals surface area contributed by atoms with Gasteiger partial charge in [0.2, 0.25) is 0 Å². The molecule has 6 heteroatoms. The summed E-state index contributed by atoms with van der Waals surface area (Å²) in [5.74, 6) is -0.868. The van der Waals surface area contributed by atoms with Crippen molar-refractivity contribution in [2.45, 2.75) is 45.4 Å². The van der Waals surface area contributed by atoms with Gasteiger partial charge in [-0.1, -0.05) is 19.0 Å². The predicted octanol–water partition coefficient (Wildman–Crippen LogP) is 2.17. The fourth-order valence-electron chi connectivity index (χ4n) is 2.29. The van der Waals surface area contributed by atoms with Crippen molar-refractivity contribution in [2.24, 2.45) is 5.41 Å². The molecule has 0 aromatic carbocycles. The van der Waals surface area contributed by atoms with Gasteiger partial charge in [0.1, 0.15) is 11.8 Å². The fourth-order valence-corrected chi connectivity index (χ4v) is 2.29. The fraction of sp³-hybridized carbons (Fsp3) is 0.643. The van der Waals surface area contributed by atoms with E-state index >= 15 is 0 Å². The second-order valence-electron chi connectivity index (χ2n) is 5.36. The summed E-state index contributed by atoms with van der Waals surface area (Å²) >= 11 is 0. The molecule has 6 nitrogen and oxygen atoms in total. The molecule has 110 valence electrons. The number of carbonyl (C=O) groups excluding carboxylic acids is 1. The summed E-state index contributed by atoms with van der Waals surface area (Å²) in [5, 5.41) is 15.9. The number of carbonyl (C=O) groups is 2. The molecule has 0 spiro atoms. The standard InChI is InChI=1S/C14H20N2O4/c1-3-14(4-2,13(18)19)8-15-12(17)10-7-20-16-11(10)9-5-6-9/h7,9H,3-6,8H2,1-2H3,(H,15,17)(H,18,19). The predicted molar refractivity (Wildman–Crippen MR) is 71.5 cm³/mol. The average Bonchev–Trinajstić information content (AvgIpc) is 3.17. The molecule has 1 amide bonds. The smallest absolute Gasteiger partial charge is 0.311 e. The number of hydrogen-bond donors (Lipinski definition) is 2. The Bertz CT molecular complexity index is 501. The SMILES string of the molecule is CCC(CC)(CNC(=O)c1conc1C1CC1)C(=O)O. The third-order valence-corrected chi connectivity index (χ3v) is 4.20. The lowest BCUT2D eigenvalue weighted by Crippen LogP contribution is -2.42. The normalized spacial score (nSPS) is 15.1. The Kier molecular flexibility index (Phi) is 4.11. The maximum Gasteiger partial charge on any atom is 0.311 e. The molecule has 2 rings (SSSR count). The third kappa shape index (κ3) is 2.69. The van der Waals surface area contributed by atoms with Crippen LogP contribution in [0.3, 0.4) is 0 Å². The summed E-state index contributed by atoms with van der Waals surface area (Å²) < 4.78 is 4.87. The molecule has 0 aliphatic heterocycles. The maximum atomic E-state index is 12.2.